The van der Waals surface area contributed by atoms with Crippen molar-refractivity contribution in [2.45, 2.75) is 44.7 Å². The van der Waals surface area contributed by atoms with E-state index in [-0.39, 0.29) is 0 Å². The third kappa shape index (κ3) is 3.58. The Hall–Kier alpha value is -0.860. The third-order valence-corrected chi connectivity index (χ3v) is 4.48. The second kappa shape index (κ2) is 6.06. The molecular formula is C17H26N2. The summed E-state index contributed by atoms with van der Waals surface area (Å²) in [6, 6.07) is 12.5. The van der Waals surface area contributed by atoms with E-state index < -0.39 is 0 Å². The molecule has 2 fully saturated rings. The first-order chi connectivity index (χ1) is 9.38. The molecule has 2 aliphatic carbocycles. The minimum absolute atomic E-state index is 0.583. The van der Waals surface area contributed by atoms with Crippen molar-refractivity contribution in [2.75, 3.05) is 19.6 Å². The van der Waals surface area contributed by atoms with E-state index >= 15 is 0 Å². The van der Waals surface area contributed by atoms with Crippen LogP contribution in [0.4, 0.5) is 0 Å². The highest BCUT2D eigenvalue weighted by atomic mass is 15.2. The Labute approximate surface area is 117 Å². The van der Waals surface area contributed by atoms with Gasteiger partial charge in [0.05, 0.1) is 0 Å². The molecule has 2 saturated carbocycles. The number of nitrogens with one attached hydrogen (secondary N) is 1. The van der Waals surface area contributed by atoms with E-state index in [0.717, 1.165) is 18.5 Å². The molecule has 19 heavy (non-hydrogen) atoms. The predicted octanol–water partition coefficient (Wildman–Crippen LogP) is 3.21. The quantitative estimate of drug-likeness (QED) is 0.770. The molecule has 0 aromatic heterocycles. The fourth-order valence-electron chi connectivity index (χ4n) is 3.05. The van der Waals surface area contributed by atoms with Gasteiger partial charge in [-0.1, -0.05) is 37.3 Å². The van der Waals surface area contributed by atoms with E-state index in [1.54, 1.807) is 0 Å². The maximum Gasteiger partial charge on any atom is 0.0349 e. The van der Waals surface area contributed by atoms with Crippen molar-refractivity contribution in [3.05, 3.63) is 35.9 Å². The molecule has 0 heterocycles. The van der Waals surface area contributed by atoms with Crippen molar-refractivity contribution in [3.8, 4) is 0 Å². The van der Waals surface area contributed by atoms with Crippen LogP contribution in [-0.2, 0) is 0 Å². The van der Waals surface area contributed by atoms with Crippen molar-refractivity contribution >= 4 is 0 Å². The molecule has 1 atom stereocenters. The molecule has 0 amide bonds. The summed E-state index contributed by atoms with van der Waals surface area (Å²) in [6.07, 6.45) is 5.62. The van der Waals surface area contributed by atoms with Gasteiger partial charge >= 0.3 is 0 Å². The summed E-state index contributed by atoms with van der Waals surface area (Å²) < 4.78 is 0. The summed E-state index contributed by atoms with van der Waals surface area (Å²) in [5, 5.41) is 3.80. The standard InChI is InChI=1S/C17H26N2/c1-2-19(16-10-11-16)13-12-18-17(15-8-9-15)14-6-4-3-5-7-14/h3-7,15-18H,2,8-13H2,1H3. The molecule has 2 aliphatic rings. The van der Waals surface area contributed by atoms with E-state index in [9.17, 15) is 0 Å². The first-order valence-electron chi connectivity index (χ1n) is 7.91. The van der Waals surface area contributed by atoms with Crippen LogP contribution in [0.15, 0.2) is 30.3 Å². The lowest BCUT2D eigenvalue weighted by Crippen LogP contribution is -2.35. The molecule has 1 aromatic carbocycles. The van der Waals surface area contributed by atoms with Crippen LogP contribution < -0.4 is 5.32 Å². The van der Waals surface area contributed by atoms with Crippen molar-refractivity contribution < 1.29 is 0 Å². The van der Waals surface area contributed by atoms with Crippen molar-refractivity contribution in [3.63, 3.8) is 0 Å². The zero-order valence-corrected chi connectivity index (χ0v) is 12.0. The molecule has 0 saturated heterocycles. The number of nitrogens with zero attached hydrogens (tertiary/aromatic N) is 1. The monoisotopic (exact) mass is 258 g/mol. The summed E-state index contributed by atoms with van der Waals surface area (Å²) in [6.45, 7) is 5.82. The first-order valence-corrected chi connectivity index (χ1v) is 7.91. The van der Waals surface area contributed by atoms with Crippen molar-refractivity contribution in [1.82, 2.24) is 10.2 Å². The van der Waals surface area contributed by atoms with E-state index in [0.29, 0.717) is 6.04 Å². The molecule has 1 N–H and O–H groups in total. The fourth-order valence-corrected chi connectivity index (χ4v) is 3.05. The predicted molar refractivity (Wildman–Crippen MR) is 80.2 cm³/mol. The third-order valence-electron chi connectivity index (χ3n) is 4.48. The molecule has 2 nitrogen and oxygen atoms in total. The van der Waals surface area contributed by atoms with Gasteiger partial charge in [0.15, 0.2) is 0 Å². The lowest BCUT2D eigenvalue weighted by atomic mass is 10.0. The van der Waals surface area contributed by atoms with Gasteiger partial charge in [0.25, 0.3) is 0 Å². The SMILES string of the molecule is CCN(CCNC(c1ccccc1)C1CC1)C1CC1. The molecule has 0 spiro atoms. The minimum Gasteiger partial charge on any atom is -0.308 e. The molecule has 0 bridgehead atoms. The summed E-state index contributed by atoms with van der Waals surface area (Å²) >= 11 is 0. The van der Waals surface area contributed by atoms with E-state index in [4.69, 9.17) is 0 Å². The molecule has 3 rings (SSSR count). The van der Waals surface area contributed by atoms with Crippen LogP contribution in [0.5, 0.6) is 0 Å². The van der Waals surface area contributed by atoms with Crippen molar-refractivity contribution in [1.29, 1.82) is 0 Å². The van der Waals surface area contributed by atoms with Gasteiger partial charge in [-0.05, 0) is 43.7 Å². The Balaban J connectivity index is 1.51. The number of rotatable bonds is 8. The van der Waals surface area contributed by atoms with Crippen LogP contribution in [0, 0.1) is 5.92 Å². The van der Waals surface area contributed by atoms with Gasteiger partial charge in [0, 0.05) is 25.2 Å². The van der Waals surface area contributed by atoms with Gasteiger partial charge in [0.2, 0.25) is 0 Å². The number of hydrogen-bond donors (Lipinski definition) is 1. The van der Waals surface area contributed by atoms with Crippen LogP contribution in [-0.4, -0.2) is 30.6 Å². The van der Waals surface area contributed by atoms with Gasteiger partial charge in [0.1, 0.15) is 0 Å². The molecule has 2 heteroatoms. The molecule has 1 aromatic rings. The normalized spacial score (nSPS) is 20.7. The Kier molecular flexibility index (Phi) is 4.19. The molecule has 0 aliphatic heterocycles. The highest BCUT2D eigenvalue weighted by Gasteiger charge is 2.32. The van der Waals surface area contributed by atoms with Crippen molar-refractivity contribution in [2.24, 2.45) is 5.92 Å². The second-order valence-electron chi connectivity index (χ2n) is 6.04. The lowest BCUT2D eigenvalue weighted by Gasteiger charge is -2.23. The number of likely N-dealkylation sites (N-methyl/N-ethyl adjacent to an activating group) is 1. The molecule has 0 radical (unpaired) electrons. The number of benzene rings is 1. The highest BCUT2D eigenvalue weighted by molar-refractivity contribution is 5.21. The fraction of sp³-hybridized carbons (Fsp3) is 0.647. The minimum atomic E-state index is 0.583. The van der Waals surface area contributed by atoms with E-state index in [2.05, 4.69) is 47.5 Å². The maximum atomic E-state index is 3.80. The molecule has 1 unspecified atom stereocenters. The lowest BCUT2D eigenvalue weighted by molar-refractivity contribution is 0.270. The zero-order valence-electron chi connectivity index (χ0n) is 12.0. The molecular weight excluding hydrogens is 232 g/mol. The Morgan fingerprint density at radius 3 is 2.47 bits per heavy atom. The average molecular weight is 258 g/mol. The van der Waals surface area contributed by atoms with Gasteiger partial charge in [-0.2, -0.15) is 0 Å². The Bertz CT molecular complexity index is 382. The van der Waals surface area contributed by atoms with E-state index in [1.807, 2.05) is 0 Å². The topological polar surface area (TPSA) is 15.3 Å². The van der Waals surface area contributed by atoms with Crippen LogP contribution >= 0.6 is 0 Å². The summed E-state index contributed by atoms with van der Waals surface area (Å²) in [5.41, 5.74) is 1.47. The molecule has 104 valence electrons. The Morgan fingerprint density at radius 2 is 1.89 bits per heavy atom. The van der Waals surface area contributed by atoms with Gasteiger partial charge in [-0.15, -0.1) is 0 Å². The summed E-state index contributed by atoms with van der Waals surface area (Å²) in [4.78, 5) is 2.63. The maximum absolute atomic E-state index is 3.80. The highest BCUT2D eigenvalue weighted by Crippen LogP contribution is 2.40. The van der Waals surface area contributed by atoms with Crippen LogP contribution in [0.1, 0.15) is 44.2 Å². The van der Waals surface area contributed by atoms with Gasteiger partial charge < -0.3 is 5.32 Å². The van der Waals surface area contributed by atoms with Crippen LogP contribution in [0.2, 0.25) is 0 Å². The zero-order chi connectivity index (χ0) is 13.1. The Morgan fingerprint density at radius 1 is 1.16 bits per heavy atom. The van der Waals surface area contributed by atoms with Crippen LogP contribution in [0.25, 0.3) is 0 Å². The van der Waals surface area contributed by atoms with Gasteiger partial charge in [-0.25, -0.2) is 0 Å². The summed E-state index contributed by atoms with van der Waals surface area (Å²) in [7, 11) is 0. The van der Waals surface area contributed by atoms with E-state index in [1.165, 1.54) is 44.3 Å². The number of hydrogen-bond acceptors (Lipinski definition) is 2. The first kappa shape index (κ1) is 13.1. The van der Waals surface area contributed by atoms with Gasteiger partial charge in [-0.3, -0.25) is 4.90 Å². The smallest absolute Gasteiger partial charge is 0.0349 e. The second-order valence-corrected chi connectivity index (χ2v) is 6.04. The summed E-state index contributed by atoms with van der Waals surface area (Å²) in [5.74, 6) is 0.874. The largest absolute Gasteiger partial charge is 0.308 e. The average Bonchev–Trinajstić information content (AvgIpc) is 3.31. The van der Waals surface area contributed by atoms with Crippen LogP contribution in [0.3, 0.4) is 0 Å².